The van der Waals surface area contributed by atoms with Crippen molar-refractivity contribution in [3.63, 3.8) is 0 Å². The first-order valence-electron chi connectivity index (χ1n) is 9.69. The third-order valence-electron chi connectivity index (χ3n) is 5.48. The molecule has 2 saturated heterocycles. The molecule has 0 spiro atoms. The van der Waals surface area contributed by atoms with Crippen LogP contribution >= 0.6 is 0 Å². The Kier molecular flexibility index (Phi) is 6.49. The molecule has 2 amide bonds. The molecule has 0 radical (unpaired) electrons. The Bertz CT molecular complexity index is 678. The molecule has 0 aliphatic carbocycles. The summed E-state index contributed by atoms with van der Waals surface area (Å²) in [4.78, 5) is 28.4. The summed E-state index contributed by atoms with van der Waals surface area (Å²) in [5.41, 5.74) is 0.706. The lowest BCUT2D eigenvalue weighted by atomic mass is 9.94. The van der Waals surface area contributed by atoms with E-state index in [1.54, 1.807) is 36.3 Å². The van der Waals surface area contributed by atoms with Crippen LogP contribution in [0.15, 0.2) is 24.3 Å². The molecule has 6 nitrogen and oxygen atoms in total. The number of anilines is 1. The molecule has 2 fully saturated rings. The SMILES string of the molecule is COc1ccc(NC(=O)CN2CCC(C(=O)N3CCC(F)(F)CC3)CC2)cc1. The molecule has 0 saturated carbocycles. The number of hydrogen-bond acceptors (Lipinski definition) is 4. The number of nitrogens with zero attached hydrogens (tertiary/aromatic N) is 2. The largest absolute Gasteiger partial charge is 0.497 e. The van der Waals surface area contributed by atoms with Gasteiger partial charge in [0.25, 0.3) is 5.92 Å². The minimum absolute atomic E-state index is 0.0159. The second kappa shape index (κ2) is 8.86. The van der Waals surface area contributed by atoms with Crippen LogP contribution in [0.25, 0.3) is 0 Å². The third kappa shape index (κ3) is 5.41. The van der Waals surface area contributed by atoms with E-state index in [2.05, 4.69) is 5.32 Å². The van der Waals surface area contributed by atoms with Gasteiger partial charge in [0.05, 0.1) is 13.7 Å². The Balaban J connectivity index is 1.41. The third-order valence-corrected chi connectivity index (χ3v) is 5.48. The van der Waals surface area contributed by atoms with Gasteiger partial charge in [-0.1, -0.05) is 0 Å². The highest BCUT2D eigenvalue weighted by Crippen LogP contribution is 2.29. The first-order valence-corrected chi connectivity index (χ1v) is 9.69. The van der Waals surface area contributed by atoms with Crippen molar-refractivity contribution in [3.05, 3.63) is 24.3 Å². The molecule has 154 valence electrons. The Morgan fingerprint density at radius 2 is 1.71 bits per heavy atom. The van der Waals surface area contributed by atoms with Gasteiger partial charge >= 0.3 is 0 Å². The molecule has 2 heterocycles. The predicted octanol–water partition coefficient (Wildman–Crippen LogP) is 2.60. The summed E-state index contributed by atoms with van der Waals surface area (Å²) in [6.07, 6.45) is 0.815. The van der Waals surface area contributed by atoms with E-state index in [4.69, 9.17) is 4.74 Å². The number of likely N-dealkylation sites (tertiary alicyclic amines) is 2. The lowest BCUT2D eigenvalue weighted by Crippen LogP contribution is -2.48. The average molecular weight is 395 g/mol. The molecule has 0 atom stereocenters. The fourth-order valence-corrected chi connectivity index (χ4v) is 3.73. The molecular weight excluding hydrogens is 368 g/mol. The van der Waals surface area contributed by atoms with Crippen molar-refractivity contribution >= 4 is 17.5 Å². The van der Waals surface area contributed by atoms with Gasteiger partial charge in [-0.3, -0.25) is 14.5 Å². The Morgan fingerprint density at radius 1 is 1.11 bits per heavy atom. The topological polar surface area (TPSA) is 61.9 Å². The summed E-state index contributed by atoms with van der Waals surface area (Å²) in [6.45, 7) is 1.84. The van der Waals surface area contributed by atoms with Crippen LogP contribution in [-0.2, 0) is 9.59 Å². The standard InChI is InChI=1S/C20H27F2N3O3/c1-28-17-4-2-16(3-5-17)23-18(26)14-24-10-6-15(7-11-24)19(27)25-12-8-20(21,22)9-13-25/h2-5,15H,6-14H2,1H3,(H,23,26). The van der Waals surface area contributed by atoms with Gasteiger partial charge in [-0.05, 0) is 50.2 Å². The van der Waals surface area contributed by atoms with Crippen molar-refractivity contribution in [1.29, 1.82) is 0 Å². The molecule has 1 aromatic rings. The number of hydrogen-bond donors (Lipinski definition) is 1. The molecule has 1 N–H and O–H groups in total. The zero-order valence-corrected chi connectivity index (χ0v) is 16.1. The maximum Gasteiger partial charge on any atom is 0.251 e. The van der Waals surface area contributed by atoms with E-state index in [0.29, 0.717) is 31.6 Å². The number of ether oxygens (including phenoxy) is 1. The van der Waals surface area contributed by atoms with E-state index >= 15 is 0 Å². The number of halogens is 2. The first-order chi connectivity index (χ1) is 13.4. The van der Waals surface area contributed by atoms with Gasteiger partial charge < -0.3 is 15.0 Å². The fourth-order valence-electron chi connectivity index (χ4n) is 3.73. The van der Waals surface area contributed by atoms with Crippen LogP contribution in [0.1, 0.15) is 25.7 Å². The van der Waals surface area contributed by atoms with Crippen LogP contribution in [0.5, 0.6) is 5.75 Å². The number of benzene rings is 1. The molecule has 1 aromatic carbocycles. The van der Waals surface area contributed by atoms with Crippen molar-refractivity contribution in [3.8, 4) is 5.75 Å². The molecule has 0 aromatic heterocycles. The summed E-state index contributed by atoms with van der Waals surface area (Å²) in [5.74, 6) is -2.17. The highest BCUT2D eigenvalue weighted by molar-refractivity contribution is 5.92. The smallest absolute Gasteiger partial charge is 0.251 e. The molecule has 8 heteroatoms. The summed E-state index contributed by atoms with van der Waals surface area (Å²) in [5, 5.41) is 2.85. The number of nitrogens with one attached hydrogen (secondary N) is 1. The average Bonchev–Trinajstić information content (AvgIpc) is 2.68. The quantitative estimate of drug-likeness (QED) is 0.833. The van der Waals surface area contributed by atoms with E-state index in [1.807, 2.05) is 4.90 Å². The van der Waals surface area contributed by atoms with Gasteiger partial charge in [0, 0.05) is 37.5 Å². The molecule has 0 unspecified atom stereocenters. The van der Waals surface area contributed by atoms with Crippen molar-refractivity contribution in [2.24, 2.45) is 5.92 Å². The van der Waals surface area contributed by atoms with E-state index in [0.717, 1.165) is 5.75 Å². The van der Waals surface area contributed by atoms with Crippen LogP contribution in [0.3, 0.4) is 0 Å². The highest BCUT2D eigenvalue weighted by Gasteiger charge is 2.37. The van der Waals surface area contributed by atoms with Gasteiger partial charge in [-0.2, -0.15) is 0 Å². The molecule has 0 bridgehead atoms. The van der Waals surface area contributed by atoms with Crippen LogP contribution in [-0.4, -0.2) is 67.4 Å². The van der Waals surface area contributed by atoms with Crippen LogP contribution in [0, 0.1) is 5.92 Å². The zero-order chi connectivity index (χ0) is 20.1. The van der Waals surface area contributed by atoms with E-state index in [9.17, 15) is 18.4 Å². The number of carbonyl (C=O) groups is 2. The number of piperidine rings is 2. The van der Waals surface area contributed by atoms with Crippen molar-refractivity contribution in [1.82, 2.24) is 9.80 Å². The summed E-state index contributed by atoms with van der Waals surface area (Å²) in [7, 11) is 1.59. The first kappa shape index (κ1) is 20.5. The lowest BCUT2D eigenvalue weighted by molar-refractivity contribution is -0.143. The van der Waals surface area contributed by atoms with Gasteiger partial charge in [-0.15, -0.1) is 0 Å². The number of amides is 2. The second-order valence-electron chi connectivity index (χ2n) is 7.51. The van der Waals surface area contributed by atoms with Crippen LogP contribution < -0.4 is 10.1 Å². The molecule has 3 rings (SSSR count). The van der Waals surface area contributed by atoms with E-state index in [1.165, 1.54) is 0 Å². The summed E-state index contributed by atoms with van der Waals surface area (Å²) < 4.78 is 31.6. The lowest BCUT2D eigenvalue weighted by Gasteiger charge is -2.37. The maximum absolute atomic E-state index is 13.3. The minimum atomic E-state index is -2.64. The minimum Gasteiger partial charge on any atom is -0.497 e. The Labute approximate surface area is 163 Å². The number of rotatable bonds is 5. The van der Waals surface area contributed by atoms with Gasteiger partial charge in [-0.25, -0.2) is 8.78 Å². The monoisotopic (exact) mass is 395 g/mol. The highest BCUT2D eigenvalue weighted by atomic mass is 19.3. The van der Waals surface area contributed by atoms with E-state index in [-0.39, 0.29) is 50.2 Å². The summed E-state index contributed by atoms with van der Waals surface area (Å²) in [6, 6.07) is 7.12. The van der Waals surface area contributed by atoms with Crippen LogP contribution in [0.4, 0.5) is 14.5 Å². The molecule has 2 aliphatic heterocycles. The summed E-state index contributed by atoms with van der Waals surface area (Å²) >= 11 is 0. The number of alkyl halides is 2. The van der Waals surface area contributed by atoms with Gasteiger partial charge in [0.1, 0.15) is 5.75 Å². The Morgan fingerprint density at radius 3 is 2.29 bits per heavy atom. The molecule has 28 heavy (non-hydrogen) atoms. The number of carbonyl (C=O) groups excluding carboxylic acids is 2. The van der Waals surface area contributed by atoms with Crippen molar-refractivity contribution in [2.75, 3.05) is 45.2 Å². The predicted molar refractivity (Wildman–Crippen MR) is 102 cm³/mol. The van der Waals surface area contributed by atoms with Gasteiger partial charge in [0.15, 0.2) is 0 Å². The van der Waals surface area contributed by atoms with Crippen LogP contribution in [0.2, 0.25) is 0 Å². The van der Waals surface area contributed by atoms with Gasteiger partial charge in [0.2, 0.25) is 11.8 Å². The van der Waals surface area contributed by atoms with Crippen molar-refractivity contribution in [2.45, 2.75) is 31.6 Å². The zero-order valence-electron chi connectivity index (χ0n) is 16.1. The fraction of sp³-hybridized carbons (Fsp3) is 0.600. The maximum atomic E-state index is 13.3. The van der Waals surface area contributed by atoms with E-state index < -0.39 is 5.92 Å². The molecule has 2 aliphatic rings. The molecular formula is C20H27F2N3O3. The number of methoxy groups -OCH3 is 1. The second-order valence-corrected chi connectivity index (χ2v) is 7.51. The Hall–Kier alpha value is -2.22. The van der Waals surface area contributed by atoms with Crippen molar-refractivity contribution < 1.29 is 23.1 Å². The normalized spacial score (nSPS) is 20.6.